The summed E-state index contributed by atoms with van der Waals surface area (Å²) in [5.41, 5.74) is 4.16. The van der Waals surface area contributed by atoms with Gasteiger partial charge in [-0.1, -0.05) is 12.1 Å². The van der Waals surface area contributed by atoms with Crippen molar-refractivity contribution in [3.8, 4) is 5.75 Å². The number of nitrogens with one attached hydrogen (secondary N) is 1. The van der Waals surface area contributed by atoms with Gasteiger partial charge >= 0.3 is 0 Å². The number of hydrogen-bond acceptors (Lipinski definition) is 5. The molecule has 1 amide bonds. The summed E-state index contributed by atoms with van der Waals surface area (Å²) in [4.78, 5) is 37.7. The zero-order valence-corrected chi connectivity index (χ0v) is 19.1. The van der Waals surface area contributed by atoms with Gasteiger partial charge in [-0.15, -0.1) is 0 Å². The standard InChI is InChI=1S/C26H32N4O3/c31-25-21-16-30(26(32)18-6-7-18)11-9-22(21)27-24(28-25)20-3-1-10-29(15-20)14-17-5-8-23-19(13-17)4-2-12-33-23/h5,8,13,18,20H,1-4,6-7,9-12,14-16H2,(H,27,28,31)/t20-/m0/s1. The Morgan fingerprint density at radius 2 is 2.06 bits per heavy atom. The number of nitrogens with zero attached hydrogens (tertiary/aromatic N) is 3. The summed E-state index contributed by atoms with van der Waals surface area (Å²) < 4.78 is 5.76. The number of carbonyl (C=O) groups excluding carboxylic acids is 1. The monoisotopic (exact) mass is 448 g/mol. The van der Waals surface area contributed by atoms with E-state index in [9.17, 15) is 9.59 Å². The van der Waals surface area contributed by atoms with Crippen molar-refractivity contribution in [1.82, 2.24) is 19.8 Å². The molecule has 1 atom stereocenters. The number of hydrogen-bond donors (Lipinski definition) is 1. The Bertz CT molecular complexity index is 1120. The highest BCUT2D eigenvalue weighted by Gasteiger charge is 2.36. The van der Waals surface area contributed by atoms with Crippen molar-refractivity contribution in [3.63, 3.8) is 0 Å². The lowest BCUT2D eigenvalue weighted by molar-refractivity contribution is -0.133. The predicted octanol–water partition coefficient (Wildman–Crippen LogP) is 2.77. The van der Waals surface area contributed by atoms with Crippen LogP contribution in [0.3, 0.4) is 0 Å². The number of piperidine rings is 1. The molecule has 4 heterocycles. The Morgan fingerprint density at radius 3 is 2.94 bits per heavy atom. The largest absolute Gasteiger partial charge is 0.493 e. The average molecular weight is 449 g/mol. The third-order valence-corrected chi connectivity index (χ3v) is 7.60. The Labute approximate surface area is 194 Å². The molecule has 1 N–H and O–H groups in total. The molecule has 1 aliphatic carbocycles. The molecule has 0 spiro atoms. The topological polar surface area (TPSA) is 78.5 Å². The van der Waals surface area contributed by atoms with E-state index in [1.54, 1.807) is 0 Å². The fourth-order valence-corrected chi connectivity index (χ4v) is 5.61. The molecule has 1 aromatic carbocycles. The van der Waals surface area contributed by atoms with Gasteiger partial charge in [-0.3, -0.25) is 14.5 Å². The third-order valence-electron chi connectivity index (χ3n) is 7.60. The van der Waals surface area contributed by atoms with Crippen LogP contribution in [0.15, 0.2) is 23.0 Å². The van der Waals surface area contributed by atoms with E-state index in [-0.39, 0.29) is 23.3 Å². The van der Waals surface area contributed by atoms with Gasteiger partial charge in [0.2, 0.25) is 5.91 Å². The summed E-state index contributed by atoms with van der Waals surface area (Å²) >= 11 is 0. The van der Waals surface area contributed by atoms with Gasteiger partial charge in [0.15, 0.2) is 0 Å². The zero-order chi connectivity index (χ0) is 22.4. The van der Waals surface area contributed by atoms with Crippen LogP contribution in [0.2, 0.25) is 0 Å². The first-order valence-corrected chi connectivity index (χ1v) is 12.5. The van der Waals surface area contributed by atoms with Crippen molar-refractivity contribution in [2.24, 2.45) is 5.92 Å². The Hall–Kier alpha value is -2.67. The lowest BCUT2D eigenvalue weighted by Gasteiger charge is -2.33. The number of amides is 1. The SMILES string of the molecule is O=C(C1CC1)N1CCc2nc([C@H]3CCCN(Cc4ccc5c(c4)CCCO5)C3)[nH]c(=O)c2C1. The van der Waals surface area contributed by atoms with Gasteiger partial charge in [0.25, 0.3) is 5.56 Å². The number of ether oxygens (including phenoxy) is 1. The molecule has 7 heteroatoms. The van der Waals surface area contributed by atoms with Crippen LogP contribution < -0.4 is 10.3 Å². The molecular weight excluding hydrogens is 416 g/mol. The Kier molecular flexibility index (Phi) is 5.45. The molecule has 0 unspecified atom stereocenters. The lowest BCUT2D eigenvalue weighted by atomic mass is 9.95. The van der Waals surface area contributed by atoms with Crippen molar-refractivity contribution >= 4 is 5.91 Å². The number of aryl methyl sites for hydroxylation is 1. The predicted molar refractivity (Wildman–Crippen MR) is 124 cm³/mol. The fourth-order valence-electron chi connectivity index (χ4n) is 5.61. The highest BCUT2D eigenvalue weighted by molar-refractivity contribution is 5.81. The van der Waals surface area contributed by atoms with Gasteiger partial charge in [-0.05, 0) is 62.3 Å². The second kappa shape index (κ2) is 8.60. The van der Waals surface area contributed by atoms with Gasteiger partial charge < -0.3 is 14.6 Å². The number of benzene rings is 1. The first kappa shape index (κ1) is 20.9. The number of aromatic nitrogens is 2. The van der Waals surface area contributed by atoms with Crippen LogP contribution in [0.4, 0.5) is 0 Å². The minimum absolute atomic E-state index is 0.0601. The summed E-state index contributed by atoms with van der Waals surface area (Å²) in [7, 11) is 0. The minimum atomic E-state index is -0.0601. The van der Waals surface area contributed by atoms with Crippen LogP contribution in [-0.2, 0) is 30.7 Å². The number of carbonyl (C=O) groups is 1. The second-order valence-corrected chi connectivity index (χ2v) is 10.1. The van der Waals surface area contributed by atoms with Crippen LogP contribution in [0.1, 0.15) is 66.2 Å². The number of likely N-dealkylation sites (tertiary alicyclic amines) is 1. The van der Waals surface area contributed by atoms with Crippen LogP contribution in [0, 0.1) is 5.92 Å². The summed E-state index contributed by atoms with van der Waals surface area (Å²) in [5.74, 6) is 2.50. The highest BCUT2D eigenvalue weighted by atomic mass is 16.5. The maximum absolute atomic E-state index is 12.9. The summed E-state index contributed by atoms with van der Waals surface area (Å²) in [6, 6.07) is 6.60. The molecule has 0 radical (unpaired) electrons. The molecular formula is C26H32N4O3. The Balaban J connectivity index is 1.15. The molecule has 1 aromatic heterocycles. The molecule has 1 saturated carbocycles. The van der Waals surface area contributed by atoms with E-state index in [0.29, 0.717) is 25.1 Å². The van der Waals surface area contributed by atoms with E-state index < -0.39 is 0 Å². The first-order valence-electron chi connectivity index (χ1n) is 12.5. The van der Waals surface area contributed by atoms with Gasteiger partial charge in [0.05, 0.1) is 24.4 Å². The molecule has 1 saturated heterocycles. The Morgan fingerprint density at radius 1 is 1.15 bits per heavy atom. The van der Waals surface area contributed by atoms with E-state index in [1.807, 2.05) is 4.90 Å². The van der Waals surface area contributed by atoms with Crippen LogP contribution in [-0.4, -0.2) is 51.9 Å². The second-order valence-electron chi connectivity index (χ2n) is 10.1. The van der Waals surface area contributed by atoms with Crippen molar-refractivity contribution in [2.45, 2.75) is 64.0 Å². The van der Waals surface area contributed by atoms with Crippen molar-refractivity contribution in [3.05, 3.63) is 56.8 Å². The van der Waals surface area contributed by atoms with Gasteiger partial charge in [0.1, 0.15) is 11.6 Å². The average Bonchev–Trinajstić information content (AvgIpc) is 3.69. The smallest absolute Gasteiger partial charge is 0.256 e. The molecule has 33 heavy (non-hydrogen) atoms. The number of fused-ring (bicyclic) bond motifs is 2. The molecule has 2 fully saturated rings. The highest BCUT2D eigenvalue weighted by Crippen LogP contribution is 2.33. The normalized spacial score (nSPS) is 22.9. The zero-order valence-electron chi connectivity index (χ0n) is 19.1. The van der Waals surface area contributed by atoms with E-state index in [4.69, 9.17) is 9.72 Å². The molecule has 4 aliphatic rings. The number of aromatic amines is 1. The molecule has 7 nitrogen and oxygen atoms in total. The van der Waals surface area contributed by atoms with Crippen LogP contribution in [0.5, 0.6) is 5.75 Å². The molecule has 3 aliphatic heterocycles. The third kappa shape index (κ3) is 4.31. The van der Waals surface area contributed by atoms with Crippen LogP contribution in [0.25, 0.3) is 0 Å². The van der Waals surface area contributed by atoms with Gasteiger partial charge in [-0.25, -0.2) is 4.98 Å². The summed E-state index contributed by atoms with van der Waals surface area (Å²) in [6.45, 7) is 4.79. The first-order chi connectivity index (χ1) is 16.1. The van der Waals surface area contributed by atoms with E-state index in [2.05, 4.69) is 28.1 Å². The van der Waals surface area contributed by atoms with E-state index in [0.717, 1.165) is 82.0 Å². The van der Waals surface area contributed by atoms with Gasteiger partial charge in [0, 0.05) is 37.9 Å². The maximum Gasteiger partial charge on any atom is 0.256 e. The molecule has 6 rings (SSSR count). The quantitative estimate of drug-likeness (QED) is 0.778. The van der Waals surface area contributed by atoms with Crippen molar-refractivity contribution in [1.29, 1.82) is 0 Å². The van der Waals surface area contributed by atoms with Gasteiger partial charge in [-0.2, -0.15) is 0 Å². The number of rotatable bonds is 4. The van der Waals surface area contributed by atoms with Crippen molar-refractivity contribution < 1.29 is 9.53 Å². The number of H-pyrrole nitrogens is 1. The lowest BCUT2D eigenvalue weighted by Crippen LogP contribution is -2.41. The summed E-state index contributed by atoms with van der Waals surface area (Å²) in [5, 5.41) is 0. The van der Waals surface area contributed by atoms with E-state index in [1.165, 1.54) is 11.1 Å². The van der Waals surface area contributed by atoms with Crippen LogP contribution >= 0.6 is 0 Å². The summed E-state index contributed by atoms with van der Waals surface area (Å²) in [6.07, 6.45) is 6.99. The fraction of sp³-hybridized carbons (Fsp3) is 0.577. The van der Waals surface area contributed by atoms with Crippen molar-refractivity contribution in [2.75, 3.05) is 26.2 Å². The minimum Gasteiger partial charge on any atom is -0.493 e. The molecule has 2 aromatic rings. The van der Waals surface area contributed by atoms with E-state index >= 15 is 0 Å². The maximum atomic E-state index is 12.9. The molecule has 174 valence electrons. The molecule has 0 bridgehead atoms.